The molecule has 0 atom stereocenters. The van der Waals surface area contributed by atoms with Gasteiger partial charge in [-0.3, -0.25) is 4.79 Å². The smallest absolute Gasteiger partial charge is 0.246 e. The third-order valence-electron chi connectivity index (χ3n) is 3.81. The number of rotatable bonds is 2. The first kappa shape index (κ1) is 16.1. The average molecular weight is 400 g/mol. The highest BCUT2D eigenvalue weighted by molar-refractivity contribution is 9.10. The molecule has 2 heterocycles. The second-order valence-corrected chi connectivity index (χ2v) is 6.30. The first-order valence-electron chi connectivity index (χ1n) is 6.97. The minimum atomic E-state index is -0.503. The number of hydrogen-bond donors (Lipinski definition) is 0. The van der Waals surface area contributed by atoms with Crippen molar-refractivity contribution < 1.29 is 9.18 Å². The number of hydrogen-bond acceptors (Lipinski definition) is 4. The van der Waals surface area contributed by atoms with Gasteiger partial charge in [0.2, 0.25) is 5.91 Å². The van der Waals surface area contributed by atoms with Crippen molar-refractivity contribution in [1.82, 2.24) is 14.9 Å². The lowest BCUT2D eigenvalue weighted by molar-refractivity contribution is -0.126. The number of anilines is 1. The van der Waals surface area contributed by atoms with Crippen molar-refractivity contribution in [2.75, 3.05) is 31.1 Å². The van der Waals surface area contributed by atoms with Crippen LogP contribution in [0.1, 0.15) is 0 Å². The van der Waals surface area contributed by atoms with Crippen molar-refractivity contribution in [1.29, 1.82) is 0 Å². The summed E-state index contributed by atoms with van der Waals surface area (Å²) in [7, 11) is 0. The Morgan fingerprint density at radius 3 is 2.70 bits per heavy atom. The van der Waals surface area contributed by atoms with Crippen LogP contribution >= 0.6 is 27.5 Å². The molecule has 23 heavy (non-hydrogen) atoms. The molecule has 0 radical (unpaired) electrons. The summed E-state index contributed by atoms with van der Waals surface area (Å²) in [6.45, 7) is 5.81. The highest BCUT2D eigenvalue weighted by Gasteiger charge is 2.23. The second kappa shape index (κ2) is 6.41. The van der Waals surface area contributed by atoms with E-state index in [0.29, 0.717) is 37.4 Å². The van der Waals surface area contributed by atoms with E-state index in [9.17, 15) is 9.18 Å². The molecular formula is C15H13BrClFN4O. The van der Waals surface area contributed by atoms with E-state index in [1.165, 1.54) is 12.4 Å². The summed E-state index contributed by atoms with van der Waals surface area (Å²) >= 11 is 9.18. The van der Waals surface area contributed by atoms with Crippen LogP contribution in [0, 0.1) is 5.82 Å². The van der Waals surface area contributed by atoms with Crippen LogP contribution in [0.4, 0.5) is 10.2 Å². The van der Waals surface area contributed by atoms with Gasteiger partial charge in [-0.25, -0.2) is 14.4 Å². The summed E-state index contributed by atoms with van der Waals surface area (Å²) in [4.78, 5) is 23.7. The van der Waals surface area contributed by atoms with Gasteiger partial charge in [0.05, 0.1) is 9.50 Å². The van der Waals surface area contributed by atoms with E-state index < -0.39 is 5.82 Å². The zero-order valence-electron chi connectivity index (χ0n) is 12.1. The molecule has 1 aromatic heterocycles. The Labute approximate surface area is 145 Å². The standard InChI is InChI=1S/C15H13BrClFN4O/c1-2-11(23)21-3-5-22(6-4-21)15-9-7-10(17)12(16)13(18)14(9)19-8-20-15/h2,7-8H,1,3-6H2. The molecule has 0 spiro atoms. The number of halogens is 3. The number of amides is 1. The third-order valence-corrected chi connectivity index (χ3v) is 5.11. The van der Waals surface area contributed by atoms with Crippen molar-refractivity contribution in [2.45, 2.75) is 0 Å². The van der Waals surface area contributed by atoms with Crippen molar-refractivity contribution in [2.24, 2.45) is 0 Å². The first-order valence-corrected chi connectivity index (χ1v) is 8.14. The fourth-order valence-electron chi connectivity index (χ4n) is 2.61. The molecule has 1 amide bonds. The molecular weight excluding hydrogens is 387 g/mol. The van der Waals surface area contributed by atoms with E-state index in [2.05, 4.69) is 32.5 Å². The molecule has 0 N–H and O–H groups in total. The predicted molar refractivity (Wildman–Crippen MR) is 91.2 cm³/mol. The van der Waals surface area contributed by atoms with Crippen LogP contribution < -0.4 is 4.90 Å². The molecule has 0 saturated carbocycles. The fraction of sp³-hybridized carbons (Fsp3) is 0.267. The lowest BCUT2D eigenvalue weighted by Gasteiger charge is -2.35. The van der Waals surface area contributed by atoms with E-state index in [1.54, 1.807) is 11.0 Å². The van der Waals surface area contributed by atoms with E-state index >= 15 is 0 Å². The van der Waals surface area contributed by atoms with Gasteiger partial charge < -0.3 is 9.80 Å². The molecule has 1 aromatic carbocycles. The van der Waals surface area contributed by atoms with E-state index in [0.717, 1.165) is 0 Å². The second-order valence-electron chi connectivity index (χ2n) is 5.10. The Balaban J connectivity index is 1.95. The minimum Gasteiger partial charge on any atom is -0.352 e. The van der Waals surface area contributed by atoms with E-state index in [1.807, 2.05) is 4.90 Å². The van der Waals surface area contributed by atoms with Crippen LogP contribution in [0.5, 0.6) is 0 Å². The highest BCUT2D eigenvalue weighted by Crippen LogP contribution is 2.34. The molecule has 0 aliphatic carbocycles. The van der Waals surface area contributed by atoms with Gasteiger partial charge in [-0.15, -0.1) is 0 Å². The molecule has 8 heteroatoms. The molecule has 0 bridgehead atoms. The Hall–Kier alpha value is -1.73. The van der Waals surface area contributed by atoms with Crippen molar-refractivity contribution >= 4 is 50.2 Å². The van der Waals surface area contributed by atoms with Gasteiger partial charge in [-0.1, -0.05) is 18.2 Å². The van der Waals surface area contributed by atoms with Crippen LogP contribution in [-0.4, -0.2) is 47.0 Å². The lowest BCUT2D eigenvalue weighted by Crippen LogP contribution is -2.48. The Morgan fingerprint density at radius 2 is 2.04 bits per heavy atom. The summed E-state index contributed by atoms with van der Waals surface area (Å²) in [5.41, 5.74) is 0.218. The number of carbonyl (C=O) groups is 1. The van der Waals surface area contributed by atoms with Gasteiger partial charge in [0, 0.05) is 31.6 Å². The number of aromatic nitrogens is 2. The van der Waals surface area contributed by atoms with Crippen molar-refractivity contribution in [3.8, 4) is 0 Å². The van der Waals surface area contributed by atoms with Gasteiger partial charge >= 0.3 is 0 Å². The van der Waals surface area contributed by atoms with Gasteiger partial charge in [0.15, 0.2) is 5.82 Å². The number of carbonyl (C=O) groups excluding carboxylic acids is 1. The number of nitrogens with zero attached hydrogens (tertiary/aromatic N) is 4. The van der Waals surface area contributed by atoms with Gasteiger partial charge in [0.25, 0.3) is 0 Å². The summed E-state index contributed by atoms with van der Waals surface area (Å²) < 4.78 is 14.5. The van der Waals surface area contributed by atoms with Crippen molar-refractivity contribution in [3.05, 3.63) is 40.4 Å². The van der Waals surface area contributed by atoms with Gasteiger partial charge in [-0.05, 0) is 28.1 Å². The molecule has 5 nitrogen and oxygen atoms in total. The number of fused-ring (bicyclic) bond motifs is 1. The molecule has 3 rings (SSSR count). The molecule has 2 aromatic rings. The lowest BCUT2D eigenvalue weighted by atomic mass is 10.2. The summed E-state index contributed by atoms with van der Waals surface area (Å²) in [5, 5.41) is 0.827. The normalized spacial score (nSPS) is 15.1. The van der Waals surface area contributed by atoms with Crippen molar-refractivity contribution in [3.63, 3.8) is 0 Å². The van der Waals surface area contributed by atoms with Gasteiger partial charge in [0.1, 0.15) is 17.7 Å². The molecule has 0 unspecified atom stereocenters. The monoisotopic (exact) mass is 398 g/mol. The zero-order chi connectivity index (χ0) is 16.6. The Kier molecular flexibility index (Phi) is 4.50. The molecule has 1 fully saturated rings. The molecule has 1 saturated heterocycles. The van der Waals surface area contributed by atoms with E-state index in [4.69, 9.17) is 11.6 Å². The number of piperazine rings is 1. The summed E-state index contributed by atoms with van der Waals surface area (Å²) in [5.74, 6) is 0.0286. The Bertz CT molecular complexity index is 793. The minimum absolute atomic E-state index is 0.0878. The van der Waals surface area contributed by atoms with Crippen LogP contribution in [0.2, 0.25) is 5.02 Å². The first-order chi connectivity index (χ1) is 11.0. The maximum absolute atomic E-state index is 14.3. The molecule has 120 valence electrons. The average Bonchev–Trinajstić information content (AvgIpc) is 2.59. The Morgan fingerprint density at radius 1 is 1.35 bits per heavy atom. The largest absolute Gasteiger partial charge is 0.352 e. The fourth-order valence-corrected chi connectivity index (χ4v) is 3.11. The van der Waals surface area contributed by atoms with Crippen LogP contribution in [0.3, 0.4) is 0 Å². The number of benzene rings is 1. The SMILES string of the molecule is C=CC(=O)N1CCN(c2ncnc3c(F)c(Br)c(Cl)cc23)CC1. The van der Waals surface area contributed by atoms with Gasteiger partial charge in [-0.2, -0.15) is 0 Å². The summed E-state index contributed by atoms with van der Waals surface area (Å²) in [6, 6.07) is 1.65. The van der Waals surface area contributed by atoms with Crippen LogP contribution in [-0.2, 0) is 4.79 Å². The van der Waals surface area contributed by atoms with Crippen LogP contribution in [0.15, 0.2) is 29.5 Å². The topological polar surface area (TPSA) is 49.3 Å². The van der Waals surface area contributed by atoms with E-state index in [-0.39, 0.29) is 20.9 Å². The maximum Gasteiger partial charge on any atom is 0.246 e. The maximum atomic E-state index is 14.3. The quantitative estimate of drug-likeness (QED) is 0.575. The molecule has 1 aliphatic heterocycles. The predicted octanol–water partition coefficient (Wildman–Crippen LogP) is 3.02. The van der Waals surface area contributed by atoms with Crippen LogP contribution in [0.25, 0.3) is 10.9 Å². The third kappa shape index (κ3) is 2.90. The zero-order valence-corrected chi connectivity index (χ0v) is 14.4. The molecule has 1 aliphatic rings. The highest BCUT2D eigenvalue weighted by atomic mass is 79.9. The summed E-state index contributed by atoms with van der Waals surface area (Å²) in [6.07, 6.45) is 2.64.